The molecular formula is C17H16Cl2N2O3S. The zero-order valence-corrected chi connectivity index (χ0v) is 15.6. The molecule has 0 fully saturated rings. The lowest BCUT2D eigenvalue weighted by Gasteiger charge is -2.11. The third-order valence-electron chi connectivity index (χ3n) is 3.93. The van der Waals surface area contributed by atoms with E-state index in [-0.39, 0.29) is 12.5 Å². The topological polar surface area (TPSA) is 81.4 Å². The van der Waals surface area contributed by atoms with Gasteiger partial charge in [-0.25, -0.2) is 0 Å². The molecule has 8 heteroatoms. The molecule has 3 rings (SSSR count). The highest BCUT2D eigenvalue weighted by Crippen LogP contribution is 2.37. The van der Waals surface area contributed by atoms with Gasteiger partial charge in [0.1, 0.15) is 10.8 Å². The zero-order chi connectivity index (χ0) is 18.0. The van der Waals surface area contributed by atoms with Gasteiger partial charge in [0.15, 0.2) is 6.61 Å². The number of fused-ring (bicyclic) bond motifs is 1. The van der Waals surface area contributed by atoms with Gasteiger partial charge in [-0.3, -0.25) is 9.59 Å². The molecule has 2 aromatic rings. The maximum atomic E-state index is 12.2. The molecule has 1 aromatic carbocycles. The number of aryl methyl sites for hydroxylation is 1. The van der Waals surface area contributed by atoms with Crippen LogP contribution in [0.5, 0.6) is 5.75 Å². The second-order valence-electron chi connectivity index (χ2n) is 5.69. The molecule has 0 bridgehead atoms. The van der Waals surface area contributed by atoms with Crippen LogP contribution in [0.2, 0.25) is 10.0 Å². The molecule has 0 saturated heterocycles. The molecule has 1 aliphatic carbocycles. The maximum Gasteiger partial charge on any atom is 0.262 e. The van der Waals surface area contributed by atoms with E-state index in [1.807, 2.05) is 0 Å². The summed E-state index contributed by atoms with van der Waals surface area (Å²) in [5, 5.41) is 4.00. The molecule has 0 radical (unpaired) electrons. The van der Waals surface area contributed by atoms with E-state index in [2.05, 4.69) is 5.32 Å². The molecular weight excluding hydrogens is 383 g/mol. The quantitative estimate of drug-likeness (QED) is 0.796. The minimum Gasteiger partial charge on any atom is -0.484 e. The van der Waals surface area contributed by atoms with Crippen LogP contribution in [-0.4, -0.2) is 18.4 Å². The highest BCUT2D eigenvalue weighted by molar-refractivity contribution is 7.17. The van der Waals surface area contributed by atoms with Crippen molar-refractivity contribution in [2.75, 3.05) is 11.9 Å². The Labute approximate surface area is 159 Å². The molecule has 0 aliphatic heterocycles. The second-order valence-corrected chi connectivity index (χ2v) is 7.61. The summed E-state index contributed by atoms with van der Waals surface area (Å²) in [5.74, 6) is -0.447. The number of anilines is 1. The summed E-state index contributed by atoms with van der Waals surface area (Å²) >= 11 is 13.2. The first-order chi connectivity index (χ1) is 12.0. The Morgan fingerprint density at radius 1 is 1.20 bits per heavy atom. The molecule has 5 nitrogen and oxygen atoms in total. The molecule has 0 unspecified atom stereocenters. The van der Waals surface area contributed by atoms with E-state index < -0.39 is 5.91 Å². The van der Waals surface area contributed by atoms with Crippen molar-refractivity contribution in [3.05, 3.63) is 44.2 Å². The molecule has 0 atom stereocenters. The fourth-order valence-corrected chi connectivity index (χ4v) is 4.39. The minimum atomic E-state index is -0.514. The van der Waals surface area contributed by atoms with E-state index in [4.69, 9.17) is 33.7 Å². The average Bonchev–Trinajstić information content (AvgIpc) is 2.93. The summed E-state index contributed by atoms with van der Waals surface area (Å²) in [7, 11) is 0. The molecule has 0 spiro atoms. The largest absolute Gasteiger partial charge is 0.484 e. The zero-order valence-electron chi connectivity index (χ0n) is 13.2. The van der Waals surface area contributed by atoms with Crippen molar-refractivity contribution in [1.82, 2.24) is 0 Å². The smallest absolute Gasteiger partial charge is 0.262 e. The number of amides is 2. The van der Waals surface area contributed by atoms with Crippen LogP contribution in [0.15, 0.2) is 18.2 Å². The number of rotatable bonds is 5. The van der Waals surface area contributed by atoms with Crippen LogP contribution in [0.4, 0.5) is 5.00 Å². The van der Waals surface area contributed by atoms with Gasteiger partial charge in [0.05, 0.1) is 15.6 Å². The van der Waals surface area contributed by atoms with E-state index in [0.29, 0.717) is 26.4 Å². The summed E-state index contributed by atoms with van der Waals surface area (Å²) < 4.78 is 5.41. The Morgan fingerprint density at radius 2 is 1.96 bits per heavy atom. The Balaban J connectivity index is 1.69. The van der Waals surface area contributed by atoms with Crippen LogP contribution in [0.25, 0.3) is 0 Å². The van der Waals surface area contributed by atoms with Crippen LogP contribution >= 0.6 is 34.5 Å². The molecule has 1 aliphatic rings. The molecule has 25 heavy (non-hydrogen) atoms. The van der Waals surface area contributed by atoms with Gasteiger partial charge in [-0.05, 0) is 43.4 Å². The number of halogens is 2. The van der Waals surface area contributed by atoms with Gasteiger partial charge in [0, 0.05) is 10.9 Å². The molecule has 1 heterocycles. The van der Waals surface area contributed by atoms with Gasteiger partial charge in [-0.1, -0.05) is 23.2 Å². The number of ether oxygens (including phenoxy) is 1. The molecule has 0 saturated carbocycles. The minimum absolute atomic E-state index is 0.210. The van der Waals surface area contributed by atoms with E-state index in [1.165, 1.54) is 17.4 Å². The van der Waals surface area contributed by atoms with Crippen LogP contribution in [0.3, 0.4) is 0 Å². The van der Waals surface area contributed by atoms with Crippen LogP contribution < -0.4 is 15.8 Å². The lowest BCUT2D eigenvalue weighted by molar-refractivity contribution is -0.118. The van der Waals surface area contributed by atoms with Crippen molar-refractivity contribution in [1.29, 1.82) is 0 Å². The number of thiophene rings is 1. The Morgan fingerprint density at radius 3 is 2.68 bits per heavy atom. The van der Waals surface area contributed by atoms with Crippen molar-refractivity contribution < 1.29 is 14.3 Å². The van der Waals surface area contributed by atoms with Crippen molar-refractivity contribution >= 4 is 51.4 Å². The summed E-state index contributed by atoms with van der Waals surface area (Å²) in [5.41, 5.74) is 6.92. The van der Waals surface area contributed by atoms with E-state index in [1.54, 1.807) is 12.1 Å². The molecule has 1 aromatic heterocycles. The van der Waals surface area contributed by atoms with Crippen LogP contribution in [-0.2, 0) is 17.6 Å². The Bertz CT molecular complexity index is 836. The number of carbonyl (C=O) groups excluding carboxylic acids is 2. The number of nitrogens with one attached hydrogen (secondary N) is 1. The van der Waals surface area contributed by atoms with Crippen LogP contribution in [0.1, 0.15) is 33.6 Å². The third kappa shape index (κ3) is 4.08. The average molecular weight is 399 g/mol. The van der Waals surface area contributed by atoms with Crippen molar-refractivity contribution in [3.63, 3.8) is 0 Å². The van der Waals surface area contributed by atoms with E-state index >= 15 is 0 Å². The van der Waals surface area contributed by atoms with Gasteiger partial charge in [0.2, 0.25) is 0 Å². The lowest BCUT2D eigenvalue weighted by atomic mass is 9.95. The predicted molar refractivity (Wildman–Crippen MR) is 100 cm³/mol. The number of hydrogen-bond acceptors (Lipinski definition) is 4. The van der Waals surface area contributed by atoms with Crippen molar-refractivity contribution in [2.45, 2.75) is 25.7 Å². The summed E-state index contributed by atoms with van der Waals surface area (Å²) in [6.45, 7) is -0.210. The first-order valence-electron chi connectivity index (χ1n) is 7.77. The number of hydrogen-bond donors (Lipinski definition) is 2. The van der Waals surface area contributed by atoms with Gasteiger partial charge in [-0.15, -0.1) is 11.3 Å². The van der Waals surface area contributed by atoms with E-state index in [9.17, 15) is 9.59 Å². The van der Waals surface area contributed by atoms with Crippen molar-refractivity contribution in [3.8, 4) is 5.75 Å². The fourth-order valence-electron chi connectivity index (χ4n) is 2.79. The number of benzene rings is 1. The van der Waals surface area contributed by atoms with E-state index in [0.717, 1.165) is 36.1 Å². The molecule has 2 amide bonds. The number of primary amides is 1. The first-order valence-corrected chi connectivity index (χ1v) is 9.35. The molecule has 3 N–H and O–H groups in total. The summed E-state index contributed by atoms with van der Waals surface area (Å²) in [6.07, 6.45) is 3.84. The maximum absolute atomic E-state index is 12.2. The SMILES string of the molecule is NC(=O)c1c(NC(=O)COc2ccc(Cl)c(Cl)c2)sc2c1CCCC2. The molecule has 132 valence electrons. The summed E-state index contributed by atoms with van der Waals surface area (Å²) in [4.78, 5) is 25.1. The predicted octanol–water partition coefficient (Wildman–Crippen LogP) is 4.05. The Kier molecular flexibility index (Phi) is 5.51. The summed E-state index contributed by atoms with van der Waals surface area (Å²) in [6, 6.07) is 4.76. The monoisotopic (exact) mass is 398 g/mol. The first kappa shape index (κ1) is 18.0. The second kappa shape index (κ2) is 7.64. The fraction of sp³-hybridized carbons (Fsp3) is 0.294. The van der Waals surface area contributed by atoms with Gasteiger partial charge >= 0.3 is 0 Å². The van der Waals surface area contributed by atoms with Gasteiger partial charge < -0.3 is 15.8 Å². The number of carbonyl (C=O) groups is 2. The van der Waals surface area contributed by atoms with Crippen LogP contribution in [0, 0.1) is 0 Å². The number of nitrogens with two attached hydrogens (primary N) is 1. The van der Waals surface area contributed by atoms with Crippen molar-refractivity contribution in [2.24, 2.45) is 5.73 Å². The Hall–Kier alpha value is -1.76. The van der Waals surface area contributed by atoms with Gasteiger partial charge in [0.25, 0.3) is 11.8 Å². The normalized spacial score (nSPS) is 13.2. The van der Waals surface area contributed by atoms with Gasteiger partial charge in [-0.2, -0.15) is 0 Å². The highest BCUT2D eigenvalue weighted by atomic mass is 35.5. The standard InChI is InChI=1S/C17H16Cl2N2O3S/c18-11-6-5-9(7-12(11)19)24-8-14(22)21-17-15(16(20)23)10-3-1-2-4-13(10)25-17/h5-7H,1-4,8H2,(H2,20,23)(H,21,22). The lowest BCUT2D eigenvalue weighted by Crippen LogP contribution is -2.22. The third-order valence-corrected chi connectivity index (χ3v) is 5.88. The highest BCUT2D eigenvalue weighted by Gasteiger charge is 2.25.